The van der Waals surface area contributed by atoms with Crippen LogP contribution in [0.25, 0.3) is 0 Å². The minimum Gasteiger partial charge on any atom is -0.497 e. The van der Waals surface area contributed by atoms with Gasteiger partial charge in [0.1, 0.15) is 24.1 Å². The summed E-state index contributed by atoms with van der Waals surface area (Å²) in [6, 6.07) is 28.4. The molecule has 0 bridgehead atoms. The van der Waals surface area contributed by atoms with Gasteiger partial charge < -0.3 is 19.7 Å². The van der Waals surface area contributed by atoms with Crippen molar-refractivity contribution < 1.29 is 27.5 Å². The zero-order valence-corrected chi connectivity index (χ0v) is 27.0. The maximum absolute atomic E-state index is 14.4. The quantitative estimate of drug-likeness (QED) is 0.212. The molecule has 0 heterocycles. The predicted octanol–water partition coefficient (Wildman–Crippen LogP) is 5.05. The van der Waals surface area contributed by atoms with Crippen LogP contribution in [0.15, 0.2) is 112 Å². The number of ether oxygens (including phenoxy) is 2. The summed E-state index contributed by atoms with van der Waals surface area (Å²) in [6.45, 7) is -0.551. The Hall–Kier alpha value is -4.35. The van der Waals surface area contributed by atoms with Crippen LogP contribution in [-0.2, 0) is 32.6 Å². The van der Waals surface area contributed by atoms with Crippen LogP contribution in [0, 0.1) is 0 Å². The predicted molar refractivity (Wildman–Crippen MR) is 173 cm³/mol. The molecule has 0 aliphatic rings. The van der Waals surface area contributed by atoms with E-state index in [4.69, 9.17) is 9.47 Å². The highest BCUT2D eigenvalue weighted by molar-refractivity contribution is 9.10. The van der Waals surface area contributed by atoms with E-state index in [-0.39, 0.29) is 35.2 Å². The SMILES string of the molecule is CNC(=O)C(Cc1ccccc1)N(Cc1ccc(Br)cc1)C(=O)CN(c1cc(OC)ccc1OC)S(=O)(=O)c1ccccc1. The van der Waals surface area contributed by atoms with Gasteiger partial charge in [0.2, 0.25) is 11.8 Å². The number of halogens is 1. The first-order valence-electron chi connectivity index (χ1n) is 13.8. The molecule has 0 aromatic heterocycles. The molecule has 4 aromatic rings. The molecule has 44 heavy (non-hydrogen) atoms. The van der Waals surface area contributed by atoms with Crippen LogP contribution in [0.3, 0.4) is 0 Å². The largest absolute Gasteiger partial charge is 0.497 e. The molecular formula is C33H34BrN3O6S. The Balaban J connectivity index is 1.84. The van der Waals surface area contributed by atoms with E-state index in [1.807, 2.05) is 54.6 Å². The average molecular weight is 681 g/mol. The lowest BCUT2D eigenvalue weighted by molar-refractivity contribution is -0.139. The molecule has 0 aliphatic heterocycles. The van der Waals surface area contributed by atoms with Crippen molar-refractivity contribution in [1.29, 1.82) is 0 Å². The summed E-state index contributed by atoms with van der Waals surface area (Å²) in [5.41, 5.74) is 1.73. The van der Waals surface area contributed by atoms with Crippen LogP contribution in [0.2, 0.25) is 0 Å². The van der Waals surface area contributed by atoms with Crippen LogP contribution < -0.4 is 19.1 Å². The van der Waals surface area contributed by atoms with E-state index in [1.54, 1.807) is 30.3 Å². The monoisotopic (exact) mass is 679 g/mol. The van der Waals surface area contributed by atoms with E-state index < -0.39 is 28.5 Å². The number of rotatable bonds is 13. The second kappa shape index (κ2) is 14.9. The van der Waals surface area contributed by atoms with E-state index in [0.717, 1.165) is 19.9 Å². The lowest BCUT2D eigenvalue weighted by Crippen LogP contribution is -2.53. The van der Waals surface area contributed by atoms with Gasteiger partial charge in [0, 0.05) is 30.6 Å². The number of nitrogens with zero attached hydrogens (tertiary/aromatic N) is 2. The van der Waals surface area contributed by atoms with E-state index in [2.05, 4.69) is 21.2 Å². The standard InChI is InChI=1S/C33H34BrN3O6S/c1-35-33(39)30(20-24-10-6-4-7-11-24)36(22-25-14-16-26(34)17-15-25)32(38)23-37(44(40,41)28-12-8-5-9-13-28)29-21-27(42-2)18-19-31(29)43-3/h4-19,21,30H,20,22-23H2,1-3H3,(H,35,39). The van der Waals surface area contributed by atoms with Gasteiger partial charge in [-0.15, -0.1) is 0 Å². The number of hydrogen-bond acceptors (Lipinski definition) is 6. The Morgan fingerprint density at radius 1 is 0.841 bits per heavy atom. The minimum absolute atomic E-state index is 0.00994. The fraction of sp³-hybridized carbons (Fsp3) is 0.212. The van der Waals surface area contributed by atoms with Crippen molar-refractivity contribution in [3.8, 4) is 11.5 Å². The molecule has 230 valence electrons. The number of anilines is 1. The van der Waals surface area contributed by atoms with Crippen LogP contribution >= 0.6 is 15.9 Å². The highest BCUT2D eigenvalue weighted by Gasteiger charge is 2.35. The molecule has 9 nitrogen and oxygen atoms in total. The number of methoxy groups -OCH3 is 2. The third-order valence-corrected chi connectivity index (χ3v) is 9.35. The third-order valence-electron chi connectivity index (χ3n) is 7.05. The fourth-order valence-corrected chi connectivity index (χ4v) is 6.43. The number of benzene rings is 4. The number of sulfonamides is 1. The summed E-state index contributed by atoms with van der Waals surface area (Å²) in [5, 5.41) is 2.68. The Kier molecular flexibility index (Phi) is 11.0. The van der Waals surface area contributed by atoms with Gasteiger partial charge in [-0.3, -0.25) is 13.9 Å². The van der Waals surface area contributed by atoms with Gasteiger partial charge in [0.05, 0.1) is 24.8 Å². The van der Waals surface area contributed by atoms with Crippen molar-refractivity contribution >= 4 is 43.5 Å². The van der Waals surface area contributed by atoms with Gasteiger partial charge in [-0.1, -0.05) is 76.6 Å². The normalized spacial score (nSPS) is 11.7. The molecule has 11 heteroatoms. The van der Waals surface area contributed by atoms with Crippen LogP contribution in [0.4, 0.5) is 5.69 Å². The lowest BCUT2D eigenvalue weighted by atomic mass is 10.0. The zero-order chi connectivity index (χ0) is 31.7. The van der Waals surface area contributed by atoms with Crippen molar-refractivity contribution in [1.82, 2.24) is 10.2 Å². The summed E-state index contributed by atoms with van der Waals surface area (Å²) in [6.07, 6.45) is 0.219. The zero-order valence-electron chi connectivity index (χ0n) is 24.6. The van der Waals surface area contributed by atoms with Crippen LogP contribution in [0.1, 0.15) is 11.1 Å². The second-order valence-electron chi connectivity index (χ2n) is 9.83. The van der Waals surface area contributed by atoms with Crippen LogP contribution in [-0.4, -0.2) is 59.0 Å². The summed E-state index contributed by atoms with van der Waals surface area (Å²) >= 11 is 3.44. The summed E-state index contributed by atoms with van der Waals surface area (Å²) in [7, 11) is 0.105. The fourth-order valence-electron chi connectivity index (χ4n) is 4.73. The molecule has 0 spiro atoms. The van der Waals surface area contributed by atoms with Gasteiger partial charge in [-0.25, -0.2) is 8.42 Å². The topological polar surface area (TPSA) is 105 Å². The first-order chi connectivity index (χ1) is 21.2. The Morgan fingerprint density at radius 3 is 2.07 bits per heavy atom. The number of nitrogens with one attached hydrogen (secondary N) is 1. The Bertz CT molecular complexity index is 1670. The Labute approximate surface area is 266 Å². The van der Waals surface area contributed by atoms with Crippen molar-refractivity contribution in [3.05, 3.63) is 119 Å². The third kappa shape index (κ3) is 7.78. The molecule has 0 radical (unpaired) electrons. The first-order valence-corrected chi connectivity index (χ1v) is 16.0. The lowest BCUT2D eigenvalue weighted by Gasteiger charge is -2.34. The Morgan fingerprint density at radius 2 is 1.48 bits per heavy atom. The molecule has 4 aromatic carbocycles. The van der Waals surface area contributed by atoms with Gasteiger partial charge in [0.15, 0.2) is 0 Å². The van der Waals surface area contributed by atoms with Crippen molar-refractivity contribution in [2.75, 3.05) is 32.1 Å². The molecular weight excluding hydrogens is 646 g/mol. The summed E-state index contributed by atoms with van der Waals surface area (Å²) < 4.78 is 41.1. The van der Waals surface area contributed by atoms with Gasteiger partial charge in [0.25, 0.3) is 10.0 Å². The molecule has 0 aliphatic carbocycles. The number of hydrogen-bond donors (Lipinski definition) is 1. The van der Waals surface area contributed by atoms with Crippen molar-refractivity contribution in [3.63, 3.8) is 0 Å². The first kappa shape index (κ1) is 32.6. The molecule has 0 saturated heterocycles. The molecule has 0 fully saturated rings. The molecule has 1 atom stereocenters. The molecule has 1 N–H and O–H groups in total. The maximum Gasteiger partial charge on any atom is 0.264 e. The maximum atomic E-state index is 14.4. The molecule has 0 saturated carbocycles. The molecule has 4 rings (SSSR count). The van der Waals surface area contributed by atoms with Gasteiger partial charge in [-0.2, -0.15) is 0 Å². The number of carbonyl (C=O) groups is 2. The van der Waals surface area contributed by atoms with E-state index in [1.165, 1.54) is 44.4 Å². The summed E-state index contributed by atoms with van der Waals surface area (Å²) in [5.74, 6) is -0.359. The average Bonchev–Trinajstić information content (AvgIpc) is 3.06. The number of amides is 2. The van der Waals surface area contributed by atoms with Gasteiger partial charge >= 0.3 is 0 Å². The van der Waals surface area contributed by atoms with E-state index in [0.29, 0.717) is 5.75 Å². The second-order valence-corrected chi connectivity index (χ2v) is 12.6. The summed E-state index contributed by atoms with van der Waals surface area (Å²) in [4.78, 5) is 29.2. The van der Waals surface area contributed by atoms with Crippen molar-refractivity contribution in [2.45, 2.75) is 23.9 Å². The highest BCUT2D eigenvalue weighted by atomic mass is 79.9. The minimum atomic E-state index is -4.29. The number of carbonyl (C=O) groups excluding carboxylic acids is 2. The highest BCUT2D eigenvalue weighted by Crippen LogP contribution is 2.36. The molecule has 1 unspecified atom stereocenters. The van der Waals surface area contributed by atoms with Crippen LogP contribution in [0.5, 0.6) is 11.5 Å². The van der Waals surface area contributed by atoms with E-state index in [9.17, 15) is 18.0 Å². The van der Waals surface area contributed by atoms with Crippen molar-refractivity contribution in [2.24, 2.45) is 0 Å². The molecule has 2 amide bonds. The smallest absolute Gasteiger partial charge is 0.264 e. The van der Waals surface area contributed by atoms with Gasteiger partial charge in [-0.05, 0) is 47.5 Å². The number of likely N-dealkylation sites (N-methyl/N-ethyl adjacent to an activating group) is 1. The van der Waals surface area contributed by atoms with E-state index >= 15 is 0 Å².